The summed E-state index contributed by atoms with van der Waals surface area (Å²) in [6.07, 6.45) is 32.8. The second-order valence-corrected chi connectivity index (χ2v) is 19.0. The molecule has 1 aromatic carbocycles. The highest BCUT2D eigenvalue weighted by atomic mass is 16.6. The van der Waals surface area contributed by atoms with Crippen molar-refractivity contribution >= 4 is 18.0 Å². The molecule has 0 bridgehead atoms. The van der Waals surface area contributed by atoms with Gasteiger partial charge in [-0.15, -0.1) is 0 Å². The van der Waals surface area contributed by atoms with Gasteiger partial charge in [0, 0.05) is 36.5 Å². The monoisotopic (exact) mass is 834 g/mol. The Hall–Kier alpha value is -3.33. The zero-order valence-corrected chi connectivity index (χ0v) is 38.2. The molecule has 9 nitrogen and oxygen atoms in total. The fourth-order valence-corrected chi connectivity index (χ4v) is 9.20. The van der Waals surface area contributed by atoms with E-state index in [4.69, 9.17) is 14.2 Å². The summed E-state index contributed by atoms with van der Waals surface area (Å²) in [5.74, 6) is 0.412. The predicted molar refractivity (Wildman–Crippen MR) is 243 cm³/mol. The maximum absolute atomic E-state index is 13.3. The zero-order valence-electron chi connectivity index (χ0n) is 38.2. The van der Waals surface area contributed by atoms with E-state index in [1.54, 1.807) is 0 Å². The first kappa shape index (κ1) is 49.3. The molecule has 1 amide bonds. The second-order valence-electron chi connectivity index (χ2n) is 19.0. The number of carbonyl (C=O) groups is 3. The Morgan fingerprint density at radius 1 is 0.683 bits per heavy atom. The van der Waals surface area contributed by atoms with Gasteiger partial charge in [-0.1, -0.05) is 106 Å². The third kappa shape index (κ3) is 19.6. The molecule has 2 aliphatic heterocycles. The number of rotatable bonds is 27. The molecule has 3 aliphatic rings. The Kier molecular flexibility index (Phi) is 22.7. The van der Waals surface area contributed by atoms with E-state index in [0.29, 0.717) is 25.2 Å². The molecular formula is C51H83N3O6. The summed E-state index contributed by atoms with van der Waals surface area (Å²) in [4.78, 5) is 38.0. The lowest BCUT2D eigenvalue weighted by molar-refractivity contribution is -0.167. The van der Waals surface area contributed by atoms with Crippen LogP contribution in [0.25, 0.3) is 0 Å². The van der Waals surface area contributed by atoms with Gasteiger partial charge in [0.15, 0.2) is 0 Å². The van der Waals surface area contributed by atoms with Crippen molar-refractivity contribution in [1.29, 1.82) is 0 Å². The summed E-state index contributed by atoms with van der Waals surface area (Å²) in [5.41, 5.74) is 1.35. The summed E-state index contributed by atoms with van der Waals surface area (Å²) in [5, 5.41) is 9.97. The van der Waals surface area contributed by atoms with Gasteiger partial charge >= 0.3 is 18.0 Å². The number of benzene rings is 1. The van der Waals surface area contributed by atoms with Crippen molar-refractivity contribution in [1.82, 2.24) is 16.0 Å². The van der Waals surface area contributed by atoms with Crippen molar-refractivity contribution in [3.05, 3.63) is 59.8 Å². The Balaban J connectivity index is 0.935. The normalized spacial score (nSPS) is 20.3. The Morgan fingerprint density at radius 2 is 1.28 bits per heavy atom. The molecule has 0 radical (unpaired) electrons. The first-order chi connectivity index (χ1) is 29.0. The molecule has 4 rings (SSSR count). The van der Waals surface area contributed by atoms with Gasteiger partial charge in [-0.05, 0) is 136 Å². The highest BCUT2D eigenvalue weighted by Crippen LogP contribution is 2.34. The lowest BCUT2D eigenvalue weighted by atomic mass is 9.83. The standard InChI is InChI=1S/C51H83N3O6/c1-50(2,43-33-36-52-37-34-43)59-47(55)28-24-19-17-15-13-11-9-7-5-6-8-10-12-14-16-18-23-27-46-39-44(35-38-53-46)51(3,4)60-48(56)42-29-31-45(32-30-42)54-49(57)58-40-41-25-21-20-22-26-41/h8,10,20-22,25-26,39,42-45,52-53H,5-7,9,11-19,23-24,27-38,40H2,1-4H3,(H,54,57)/b10-8+. The molecule has 2 fully saturated rings. The van der Waals surface area contributed by atoms with E-state index in [2.05, 4.69) is 61.9 Å². The quantitative estimate of drug-likeness (QED) is 0.0347. The first-order valence-electron chi connectivity index (χ1n) is 24.2. The van der Waals surface area contributed by atoms with Gasteiger partial charge in [-0.2, -0.15) is 0 Å². The average Bonchev–Trinajstić information content (AvgIpc) is 3.24. The number of nitrogens with one attached hydrogen (secondary N) is 3. The minimum absolute atomic E-state index is 0.0188. The maximum atomic E-state index is 13.3. The predicted octanol–water partition coefficient (Wildman–Crippen LogP) is 11.8. The summed E-state index contributed by atoms with van der Waals surface area (Å²) < 4.78 is 17.5. The smallest absolute Gasteiger partial charge is 0.407 e. The maximum Gasteiger partial charge on any atom is 0.407 e. The largest absolute Gasteiger partial charge is 0.459 e. The number of alkyl carbamates (subject to hydrolysis) is 1. The van der Waals surface area contributed by atoms with Crippen molar-refractivity contribution in [2.24, 2.45) is 17.8 Å². The molecule has 0 aromatic heterocycles. The van der Waals surface area contributed by atoms with Gasteiger partial charge in [0.2, 0.25) is 0 Å². The molecule has 1 aliphatic carbocycles. The lowest BCUT2D eigenvalue weighted by Crippen LogP contribution is -2.43. The summed E-state index contributed by atoms with van der Waals surface area (Å²) in [7, 11) is 0. The van der Waals surface area contributed by atoms with Gasteiger partial charge in [0.25, 0.3) is 0 Å². The highest BCUT2D eigenvalue weighted by Gasteiger charge is 2.37. The Labute approximate surface area is 364 Å². The van der Waals surface area contributed by atoms with Crippen LogP contribution in [0.3, 0.4) is 0 Å². The molecule has 2 heterocycles. The van der Waals surface area contributed by atoms with Crippen molar-refractivity contribution in [2.75, 3.05) is 19.6 Å². The van der Waals surface area contributed by atoms with Gasteiger partial charge in [0.05, 0.1) is 5.92 Å². The number of unbranched alkanes of at least 4 members (excludes halogenated alkanes) is 13. The van der Waals surface area contributed by atoms with Gasteiger partial charge in [0.1, 0.15) is 17.8 Å². The van der Waals surface area contributed by atoms with E-state index in [1.165, 1.54) is 89.2 Å². The van der Waals surface area contributed by atoms with E-state index >= 15 is 0 Å². The lowest BCUT2D eigenvalue weighted by Gasteiger charge is -2.37. The van der Waals surface area contributed by atoms with E-state index in [-0.39, 0.29) is 42.0 Å². The van der Waals surface area contributed by atoms with Crippen LogP contribution in [0.1, 0.15) is 187 Å². The topological polar surface area (TPSA) is 115 Å². The molecule has 1 unspecified atom stereocenters. The number of piperidine rings is 1. The molecule has 3 N–H and O–H groups in total. The van der Waals surface area contributed by atoms with Crippen molar-refractivity contribution in [3.63, 3.8) is 0 Å². The number of allylic oxidation sites excluding steroid dienone is 3. The van der Waals surface area contributed by atoms with Crippen LogP contribution >= 0.6 is 0 Å². The molecule has 0 spiro atoms. The third-order valence-electron chi connectivity index (χ3n) is 13.2. The Morgan fingerprint density at radius 3 is 1.93 bits per heavy atom. The summed E-state index contributed by atoms with van der Waals surface area (Å²) in [6.45, 7) is 11.5. The van der Waals surface area contributed by atoms with Crippen LogP contribution in [-0.4, -0.2) is 54.9 Å². The van der Waals surface area contributed by atoms with Crippen LogP contribution in [0, 0.1) is 17.8 Å². The SMILES string of the molecule is CC(C)(OC(=O)C1CCC(NC(=O)OCc2ccccc2)CC1)C1C=C(CCCCCC/C=C/CCCCCCCCCCCC(=O)OC(C)(C)C2CCNCC2)NCC1. The van der Waals surface area contributed by atoms with E-state index in [1.807, 2.05) is 30.3 Å². The van der Waals surface area contributed by atoms with Crippen LogP contribution in [0.4, 0.5) is 4.79 Å². The molecule has 1 atom stereocenters. The van der Waals surface area contributed by atoms with Crippen molar-refractivity contribution in [3.8, 4) is 0 Å². The van der Waals surface area contributed by atoms with Gasteiger partial charge in [-0.3, -0.25) is 9.59 Å². The number of esters is 2. The van der Waals surface area contributed by atoms with Gasteiger partial charge in [-0.25, -0.2) is 4.79 Å². The number of amides is 1. The van der Waals surface area contributed by atoms with E-state index in [9.17, 15) is 14.4 Å². The van der Waals surface area contributed by atoms with Crippen LogP contribution in [0.5, 0.6) is 0 Å². The fraction of sp³-hybridized carbons (Fsp3) is 0.745. The molecule has 9 heteroatoms. The summed E-state index contributed by atoms with van der Waals surface area (Å²) in [6, 6.07) is 9.69. The first-order valence-corrected chi connectivity index (χ1v) is 24.2. The molecule has 1 saturated carbocycles. The van der Waals surface area contributed by atoms with Crippen molar-refractivity contribution in [2.45, 2.75) is 206 Å². The number of hydrogen-bond donors (Lipinski definition) is 3. The van der Waals surface area contributed by atoms with Crippen LogP contribution in [0.15, 0.2) is 54.3 Å². The van der Waals surface area contributed by atoms with Crippen molar-refractivity contribution < 1.29 is 28.6 Å². The minimum Gasteiger partial charge on any atom is -0.459 e. The molecule has 338 valence electrons. The zero-order chi connectivity index (χ0) is 42.9. The van der Waals surface area contributed by atoms with Crippen LogP contribution in [-0.2, 0) is 30.4 Å². The molecule has 60 heavy (non-hydrogen) atoms. The highest BCUT2D eigenvalue weighted by molar-refractivity contribution is 5.73. The number of hydrogen-bond acceptors (Lipinski definition) is 8. The minimum atomic E-state index is -0.558. The molecular weight excluding hydrogens is 751 g/mol. The van der Waals surface area contributed by atoms with Gasteiger partial charge < -0.3 is 30.2 Å². The van der Waals surface area contributed by atoms with Crippen LogP contribution < -0.4 is 16.0 Å². The number of ether oxygens (including phenoxy) is 3. The average molecular weight is 834 g/mol. The van der Waals surface area contributed by atoms with E-state index in [0.717, 1.165) is 76.6 Å². The van der Waals surface area contributed by atoms with Crippen LogP contribution in [0.2, 0.25) is 0 Å². The third-order valence-corrected chi connectivity index (χ3v) is 13.2. The molecule has 1 aromatic rings. The number of carbonyl (C=O) groups excluding carboxylic acids is 3. The second kappa shape index (κ2) is 27.6. The Bertz CT molecular complexity index is 1430. The summed E-state index contributed by atoms with van der Waals surface area (Å²) >= 11 is 0. The fourth-order valence-electron chi connectivity index (χ4n) is 9.20. The molecule has 1 saturated heterocycles. The van der Waals surface area contributed by atoms with E-state index < -0.39 is 11.7 Å².